The van der Waals surface area contributed by atoms with Crippen LogP contribution in [-0.2, 0) is 6.42 Å². The lowest BCUT2D eigenvalue weighted by Gasteiger charge is -2.06. The van der Waals surface area contributed by atoms with E-state index in [9.17, 15) is 9.59 Å². The van der Waals surface area contributed by atoms with Gasteiger partial charge in [-0.1, -0.05) is 102 Å². The zero-order chi connectivity index (χ0) is 23.5. The summed E-state index contributed by atoms with van der Waals surface area (Å²) in [7, 11) is 0. The van der Waals surface area contributed by atoms with Crippen molar-refractivity contribution >= 4 is 11.6 Å². The SMILES string of the molecule is CCCCCCCCC(=O)c1ccc2c(c1)Cc1cc(C(=O)CCCCCCCC)ccc1-2. The first-order valence-corrected chi connectivity index (χ1v) is 13.5. The molecule has 0 amide bonds. The van der Waals surface area contributed by atoms with E-state index in [2.05, 4.69) is 38.1 Å². The average molecular weight is 447 g/mol. The predicted octanol–water partition coefficient (Wildman–Crippen LogP) is 9.12. The minimum atomic E-state index is 0.263. The van der Waals surface area contributed by atoms with Crippen molar-refractivity contribution in [2.24, 2.45) is 0 Å². The number of hydrogen-bond acceptors (Lipinski definition) is 2. The Hall–Kier alpha value is -2.22. The van der Waals surface area contributed by atoms with Gasteiger partial charge in [-0.3, -0.25) is 9.59 Å². The largest absolute Gasteiger partial charge is 0.294 e. The summed E-state index contributed by atoms with van der Waals surface area (Å²) in [6.07, 6.45) is 16.5. The molecular weight excluding hydrogens is 404 g/mol. The number of unbranched alkanes of at least 4 members (excludes halogenated alkanes) is 10. The molecule has 1 aliphatic carbocycles. The minimum absolute atomic E-state index is 0.263. The summed E-state index contributed by atoms with van der Waals surface area (Å²) in [6.45, 7) is 4.45. The summed E-state index contributed by atoms with van der Waals surface area (Å²) in [5, 5.41) is 0. The van der Waals surface area contributed by atoms with Crippen LogP contribution in [0.5, 0.6) is 0 Å². The standard InChI is InChI=1S/C31H42O2/c1-3-5-7-9-11-13-15-30(32)24-17-19-28-26(21-24)23-27-22-25(18-20-29(27)28)31(33)16-14-12-10-8-6-4-2/h17-22H,3-16,23H2,1-2H3. The predicted molar refractivity (Wildman–Crippen MR) is 139 cm³/mol. The zero-order valence-corrected chi connectivity index (χ0v) is 20.9. The summed E-state index contributed by atoms with van der Waals surface area (Å²) >= 11 is 0. The van der Waals surface area contributed by atoms with Crippen LogP contribution in [0.2, 0.25) is 0 Å². The van der Waals surface area contributed by atoms with E-state index in [-0.39, 0.29) is 11.6 Å². The molecule has 2 heteroatoms. The van der Waals surface area contributed by atoms with Crippen LogP contribution in [0, 0.1) is 0 Å². The van der Waals surface area contributed by atoms with Gasteiger partial charge >= 0.3 is 0 Å². The highest BCUT2D eigenvalue weighted by Crippen LogP contribution is 2.38. The van der Waals surface area contributed by atoms with Crippen molar-refractivity contribution in [3.63, 3.8) is 0 Å². The van der Waals surface area contributed by atoms with E-state index in [1.54, 1.807) is 0 Å². The van der Waals surface area contributed by atoms with Crippen molar-refractivity contribution in [1.82, 2.24) is 0 Å². The Morgan fingerprint density at radius 2 is 0.970 bits per heavy atom. The van der Waals surface area contributed by atoms with Crippen molar-refractivity contribution < 1.29 is 9.59 Å². The first-order valence-electron chi connectivity index (χ1n) is 13.5. The first kappa shape index (κ1) is 25.4. The maximum Gasteiger partial charge on any atom is 0.162 e. The summed E-state index contributed by atoms with van der Waals surface area (Å²) in [6, 6.07) is 12.4. The quantitative estimate of drug-likeness (QED) is 0.162. The maximum atomic E-state index is 12.7. The van der Waals surface area contributed by atoms with Crippen LogP contribution in [0.4, 0.5) is 0 Å². The lowest BCUT2D eigenvalue weighted by molar-refractivity contribution is 0.0971. The van der Waals surface area contributed by atoms with Crippen LogP contribution < -0.4 is 0 Å². The Balaban J connectivity index is 1.52. The summed E-state index contributed by atoms with van der Waals surface area (Å²) in [5.74, 6) is 0.526. The molecule has 0 saturated carbocycles. The molecule has 3 rings (SSSR count). The summed E-state index contributed by atoms with van der Waals surface area (Å²) < 4.78 is 0. The molecule has 0 spiro atoms. The Bertz CT molecular complexity index is 849. The lowest BCUT2D eigenvalue weighted by Crippen LogP contribution is -2.00. The van der Waals surface area contributed by atoms with Crippen molar-refractivity contribution in [1.29, 1.82) is 0 Å². The van der Waals surface area contributed by atoms with E-state index in [0.29, 0.717) is 12.8 Å². The Morgan fingerprint density at radius 3 is 1.39 bits per heavy atom. The number of fused-ring (bicyclic) bond motifs is 3. The fourth-order valence-corrected chi connectivity index (χ4v) is 4.98. The summed E-state index contributed by atoms with van der Waals surface area (Å²) in [5.41, 5.74) is 6.56. The Morgan fingerprint density at radius 1 is 0.576 bits per heavy atom. The second-order valence-electron chi connectivity index (χ2n) is 9.80. The monoisotopic (exact) mass is 446 g/mol. The van der Waals surface area contributed by atoms with Crippen LogP contribution in [0.25, 0.3) is 11.1 Å². The fraction of sp³-hybridized carbons (Fsp3) is 0.548. The molecule has 0 N–H and O–H groups in total. The molecule has 33 heavy (non-hydrogen) atoms. The molecule has 0 bridgehead atoms. The van der Waals surface area contributed by atoms with Gasteiger partial charge in [0.2, 0.25) is 0 Å². The molecule has 0 radical (unpaired) electrons. The highest BCUT2D eigenvalue weighted by atomic mass is 16.1. The Kier molecular flexibility index (Phi) is 10.4. The Labute approximate surface area is 201 Å². The molecule has 2 aromatic rings. The van der Waals surface area contributed by atoms with Gasteiger partial charge in [0.1, 0.15) is 0 Å². The van der Waals surface area contributed by atoms with Gasteiger partial charge in [-0.05, 0) is 53.6 Å². The van der Waals surface area contributed by atoms with Crippen LogP contribution in [0.3, 0.4) is 0 Å². The molecule has 0 aromatic heterocycles. The molecular formula is C31H42O2. The van der Waals surface area contributed by atoms with E-state index < -0.39 is 0 Å². The van der Waals surface area contributed by atoms with Gasteiger partial charge < -0.3 is 0 Å². The van der Waals surface area contributed by atoms with Crippen LogP contribution in [0.1, 0.15) is 136 Å². The second kappa shape index (κ2) is 13.5. The molecule has 0 unspecified atom stereocenters. The van der Waals surface area contributed by atoms with Gasteiger partial charge in [-0.2, -0.15) is 0 Å². The van der Waals surface area contributed by atoms with Crippen LogP contribution in [-0.4, -0.2) is 11.6 Å². The third kappa shape index (κ3) is 7.39. The van der Waals surface area contributed by atoms with E-state index in [4.69, 9.17) is 0 Å². The first-order chi connectivity index (χ1) is 16.1. The third-order valence-corrected chi connectivity index (χ3v) is 7.04. The van der Waals surface area contributed by atoms with Crippen molar-refractivity contribution in [2.75, 3.05) is 0 Å². The molecule has 2 nitrogen and oxygen atoms in total. The molecule has 2 aromatic carbocycles. The second-order valence-corrected chi connectivity index (χ2v) is 9.80. The van der Waals surface area contributed by atoms with Gasteiger partial charge in [0.05, 0.1) is 0 Å². The zero-order valence-electron chi connectivity index (χ0n) is 20.9. The van der Waals surface area contributed by atoms with Gasteiger partial charge in [-0.25, -0.2) is 0 Å². The highest BCUT2D eigenvalue weighted by Gasteiger charge is 2.21. The molecule has 0 heterocycles. The molecule has 0 saturated heterocycles. The topological polar surface area (TPSA) is 34.1 Å². The van der Waals surface area contributed by atoms with Crippen LogP contribution >= 0.6 is 0 Å². The number of carbonyl (C=O) groups excluding carboxylic acids is 2. The molecule has 1 aliphatic rings. The number of rotatable bonds is 16. The number of carbonyl (C=O) groups is 2. The summed E-state index contributed by atoms with van der Waals surface area (Å²) in [4.78, 5) is 25.4. The minimum Gasteiger partial charge on any atom is -0.294 e. The third-order valence-electron chi connectivity index (χ3n) is 7.04. The number of ketones is 2. The molecule has 178 valence electrons. The van der Waals surface area contributed by atoms with Crippen molar-refractivity contribution in [2.45, 2.75) is 110 Å². The maximum absolute atomic E-state index is 12.7. The van der Waals surface area contributed by atoms with E-state index >= 15 is 0 Å². The fourth-order valence-electron chi connectivity index (χ4n) is 4.98. The normalized spacial score (nSPS) is 11.9. The van der Waals surface area contributed by atoms with Crippen molar-refractivity contribution in [3.8, 4) is 11.1 Å². The molecule has 0 fully saturated rings. The van der Waals surface area contributed by atoms with Crippen LogP contribution in [0.15, 0.2) is 36.4 Å². The highest BCUT2D eigenvalue weighted by molar-refractivity contribution is 5.99. The van der Waals surface area contributed by atoms with Gasteiger partial charge in [0.25, 0.3) is 0 Å². The van der Waals surface area contributed by atoms with E-state index in [1.165, 1.54) is 73.6 Å². The van der Waals surface area contributed by atoms with Crippen molar-refractivity contribution in [3.05, 3.63) is 58.7 Å². The number of benzene rings is 2. The number of Topliss-reactive ketones (excluding diaryl/α,β-unsaturated/α-hetero) is 2. The van der Waals surface area contributed by atoms with E-state index in [1.807, 2.05) is 12.1 Å². The van der Waals surface area contributed by atoms with Gasteiger partial charge in [0, 0.05) is 24.0 Å². The van der Waals surface area contributed by atoms with E-state index in [0.717, 1.165) is 43.2 Å². The molecule has 0 aliphatic heterocycles. The van der Waals surface area contributed by atoms with Gasteiger partial charge in [-0.15, -0.1) is 0 Å². The van der Waals surface area contributed by atoms with Gasteiger partial charge in [0.15, 0.2) is 11.6 Å². The number of hydrogen-bond donors (Lipinski definition) is 0. The lowest BCUT2D eigenvalue weighted by atomic mass is 9.98. The smallest absolute Gasteiger partial charge is 0.162 e. The molecule has 0 atom stereocenters. The average Bonchev–Trinajstić information content (AvgIpc) is 3.20.